The highest BCUT2D eigenvalue weighted by Gasteiger charge is 2.17. The number of thiazole rings is 1. The first-order valence-electron chi connectivity index (χ1n) is 8.06. The lowest BCUT2D eigenvalue weighted by atomic mass is 10.1. The lowest BCUT2D eigenvalue weighted by Gasteiger charge is -2.10. The Hall–Kier alpha value is -1.68. The normalized spacial score (nSPS) is 15.1. The molecule has 1 amide bonds. The molecule has 1 aromatic carbocycles. The van der Waals surface area contributed by atoms with Crippen LogP contribution in [0.15, 0.2) is 35.7 Å². The fourth-order valence-corrected chi connectivity index (χ4v) is 3.75. The summed E-state index contributed by atoms with van der Waals surface area (Å²) in [5.41, 5.74) is 2.24. The molecule has 1 N–H and O–H groups in total. The van der Waals surface area contributed by atoms with Crippen molar-refractivity contribution in [3.63, 3.8) is 0 Å². The average Bonchev–Trinajstić information content (AvgIpc) is 3.18. The van der Waals surface area contributed by atoms with Gasteiger partial charge in [-0.3, -0.25) is 4.79 Å². The van der Waals surface area contributed by atoms with Crippen LogP contribution in [0.5, 0.6) is 0 Å². The highest BCUT2D eigenvalue weighted by atomic mass is 32.1. The molecule has 0 saturated heterocycles. The molecule has 0 radical (unpaired) electrons. The molecule has 116 valence electrons. The summed E-state index contributed by atoms with van der Waals surface area (Å²) in [4.78, 5) is 16.6. The molecule has 3 rings (SSSR count). The van der Waals surface area contributed by atoms with E-state index in [1.165, 1.54) is 18.4 Å². The van der Waals surface area contributed by atoms with Gasteiger partial charge in [0.2, 0.25) is 5.91 Å². The molecule has 22 heavy (non-hydrogen) atoms. The predicted octanol–water partition coefficient (Wildman–Crippen LogP) is 3.53. The van der Waals surface area contributed by atoms with Crippen LogP contribution in [0.4, 0.5) is 0 Å². The van der Waals surface area contributed by atoms with Crippen molar-refractivity contribution in [3.8, 4) is 0 Å². The number of rotatable bonds is 6. The maximum atomic E-state index is 12.0. The Kier molecular flexibility index (Phi) is 5.22. The van der Waals surface area contributed by atoms with Crippen LogP contribution < -0.4 is 5.32 Å². The second-order valence-corrected chi connectivity index (χ2v) is 6.89. The molecule has 0 unspecified atom stereocenters. The van der Waals surface area contributed by atoms with Gasteiger partial charge in [-0.05, 0) is 24.8 Å². The fourth-order valence-electron chi connectivity index (χ4n) is 2.95. The zero-order chi connectivity index (χ0) is 15.2. The summed E-state index contributed by atoms with van der Waals surface area (Å²) in [6, 6.07) is 10.8. The van der Waals surface area contributed by atoms with Gasteiger partial charge in [0, 0.05) is 17.8 Å². The van der Waals surface area contributed by atoms with Crippen molar-refractivity contribution < 1.29 is 4.79 Å². The molecule has 4 heteroatoms. The number of hydrogen-bond donors (Lipinski definition) is 1. The van der Waals surface area contributed by atoms with Crippen molar-refractivity contribution in [2.24, 2.45) is 0 Å². The van der Waals surface area contributed by atoms with Crippen LogP contribution in [0.25, 0.3) is 0 Å². The maximum Gasteiger partial charge on any atom is 0.226 e. The third-order valence-electron chi connectivity index (χ3n) is 4.13. The topological polar surface area (TPSA) is 42.0 Å². The number of aromatic nitrogens is 1. The second-order valence-electron chi connectivity index (χ2n) is 5.94. The van der Waals surface area contributed by atoms with E-state index in [0.717, 1.165) is 36.4 Å². The van der Waals surface area contributed by atoms with Crippen molar-refractivity contribution in [1.29, 1.82) is 0 Å². The van der Waals surface area contributed by atoms with Gasteiger partial charge in [0.15, 0.2) is 0 Å². The molecule has 0 spiro atoms. The van der Waals surface area contributed by atoms with Gasteiger partial charge in [0.05, 0.1) is 17.1 Å². The minimum Gasteiger partial charge on any atom is -0.353 e. The SMILES string of the molecule is O=C(Cc1csc(CCc2ccccc2)n1)NC1CCCC1. The Morgan fingerprint density at radius 2 is 1.95 bits per heavy atom. The molecule has 1 aliphatic carbocycles. The fraction of sp³-hybridized carbons (Fsp3) is 0.444. The number of benzene rings is 1. The van der Waals surface area contributed by atoms with E-state index in [4.69, 9.17) is 0 Å². The Labute approximate surface area is 135 Å². The van der Waals surface area contributed by atoms with Gasteiger partial charge in [0.25, 0.3) is 0 Å². The number of hydrogen-bond acceptors (Lipinski definition) is 3. The summed E-state index contributed by atoms with van der Waals surface area (Å²) in [5, 5.41) is 6.26. The van der Waals surface area contributed by atoms with E-state index in [1.807, 2.05) is 11.4 Å². The third-order valence-corrected chi connectivity index (χ3v) is 5.09. The largest absolute Gasteiger partial charge is 0.353 e. The molecular formula is C18H22N2OS. The van der Waals surface area contributed by atoms with Crippen molar-refractivity contribution in [1.82, 2.24) is 10.3 Å². The molecule has 1 heterocycles. The minimum atomic E-state index is 0.117. The average molecular weight is 314 g/mol. The summed E-state index contributed by atoms with van der Waals surface area (Å²) in [6.07, 6.45) is 7.10. The number of carbonyl (C=O) groups excluding carboxylic acids is 1. The van der Waals surface area contributed by atoms with E-state index >= 15 is 0 Å². The van der Waals surface area contributed by atoms with Crippen LogP contribution in [0.1, 0.15) is 41.9 Å². The van der Waals surface area contributed by atoms with Gasteiger partial charge < -0.3 is 5.32 Å². The van der Waals surface area contributed by atoms with Crippen LogP contribution in [0.2, 0.25) is 0 Å². The number of amides is 1. The van der Waals surface area contributed by atoms with Crippen LogP contribution in [-0.2, 0) is 24.1 Å². The summed E-state index contributed by atoms with van der Waals surface area (Å²) < 4.78 is 0. The van der Waals surface area contributed by atoms with E-state index in [2.05, 4.69) is 34.6 Å². The lowest BCUT2D eigenvalue weighted by Crippen LogP contribution is -2.33. The highest BCUT2D eigenvalue weighted by molar-refractivity contribution is 7.09. The quantitative estimate of drug-likeness (QED) is 0.886. The highest BCUT2D eigenvalue weighted by Crippen LogP contribution is 2.18. The van der Waals surface area contributed by atoms with Gasteiger partial charge >= 0.3 is 0 Å². The maximum absolute atomic E-state index is 12.0. The number of carbonyl (C=O) groups is 1. The summed E-state index contributed by atoms with van der Waals surface area (Å²) >= 11 is 1.66. The molecule has 0 bridgehead atoms. The molecule has 1 fully saturated rings. The molecular weight excluding hydrogens is 292 g/mol. The van der Waals surface area contributed by atoms with Gasteiger partial charge in [0.1, 0.15) is 0 Å². The zero-order valence-corrected chi connectivity index (χ0v) is 13.6. The molecule has 3 nitrogen and oxygen atoms in total. The zero-order valence-electron chi connectivity index (χ0n) is 12.8. The minimum absolute atomic E-state index is 0.117. The van der Waals surface area contributed by atoms with Gasteiger partial charge in [-0.1, -0.05) is 43.2 Å². The van der Waals surface area contributed by atoms with Crippen LogP contribution >= 0.6 is 11.3 Å². The van der Waals surface area contributed by atoms with E-state index < -0.39 is 0 Å². The number of aryl methyl sites for hydroxylation is 2. The molecule has 2 aromatic rings. The van der Waals surface area contributed by atoms with Crippen LogP contribution in [0.3, 0.4) is 0 Å². The van der Waals surface area contributed by atoms with Gasteiger partial charge in [-0.2, -0.15) is 0 Å². The Balaban J connectivity index is 1.47. The Morgan fingerprint density at radius 3 is 2.73 bits per heavy atom. The summed E-state index contributed by atoms with van der Waals surface area (Å²) in [5.74, 6) is 0.117. The number of nitrogens with zero attached hydrogens (tertiary/aromatic N) is 1. The standard InChI is InChI=1S/C18H22N2OS/c21-17(19-15-8-4-5-9-15)12-16-13-22-18(20-16)11-10-14-6-2-1-3-7-14/h1-3,6-7,13,15H,4-5,8-12H2,(H,19,21). The first kappa shape index (κ1) is 15.2. The number of nitrogens with one attached hydrogen (secondary N) is 1. The lowest BCUT2D eigenvalue weighted by molar-refractivity contribution is -0.121. The smallest absolute Gasteiger partial charge is 0.226 e. The molecule has 1 saturated carbocycles. The Morgan fingerprint density at radius 1 is 1.18 bits per heavy atom. The van der Waals surface area contributed by atoms with Gasteiger partial charge in [-0.15, -0.1) is 11.3 Å². The van der Waals surface area contributed by atoms with Crippen molar-refractivity contribution >= 4 is 17.2 Å². The summed E-state index contributed by atoms with van der Waals surface area (Å²) in [6.45, 7) is 0. The van der Waals surface area contributed by atoms with Crippen LogP contribution in [0, 0.1) is 0 Å². The summed E-state index contributed by atoms with van der Waals surface area (Å²) in [7, 11) is 0. The van der Waals surface area contributed by atoms with Crippen molar-refractivity contribution in [2.75, 3.05) is 0 Å². The van der Waals surface area contributed by atoms with E-state index in [1.54, 1.807) is 11.3 Å². The van der Waals surface area contributed by atoms with Crippen molar-refractivity contribution in [2.45, 2.75) is 51.0 Å². The second kappa shape index (κ2) is 7.54. The monoisotopic (exact) mass is 314 g/mol. The molecule has 1 aromatic heterocycles. The molecule has 0 aliphatic heterocycles. The first-order chi connectivity index (χ1) is 10.8. The first-order valence-corrected chi connectivity index (χ1v) is 8.94. The van der Waals surface area contributed by atoms with Gasteiger partial charge in [-0.25, -0.2) is 4.98 Å². The molecule has 0 atom stereocenters. The predicted molar refractivity (Wildman–Crippen MR) is 90.1 cm³/mol. The van der Waals surface area contributed by atoms with Crippen LogP contribution in [-0.4, -0.2) is 16.9 Å². The third kappa shape index (κ3) is 4.41. The van der Waals surface area contributed by atoms with Crippen molar-refractivity contribution in [3.05, 3.63) is 52.0 Å². The Bertz CT molecular complexity index is 603. The van der Waals surface area contributed by atoms with E-state index in [-0.39, 0.29) is 5.91 Å². The van der Waals surface area contributed by atoms with E-state index in [9.17, 15) is 4.79 Å². The van der Waals surface area contributed by atoms with E-state index in [0.29, 0.717) is 12.5 Å². The molecule has 1 aliphatic rings.